The van der Waals surface area contributed by atoms with E-state index in [1.165, 1.54) is 5.56 Å². The summed E-state index contributed by atoms with van der Waals surface area (Å²) < 4.78 is 7.02. The summed E-state index contributed by atoms with van der Waals surface area (Å²) in [6.45, 7) is 0.229. The van der Waals surface area contributed by atoms with Gasteiger partial charge in [0.1, 0.15) is 19.0 Å². The van der Waals surface area contributed by atoms with Gasteiger partial charge in [0.25, 0.3) is 0 Å². The zero-order chi connectivity index (χ0) is 16.8. The molecule has 3 aromatic rings. The number of fused-ring (bicyclic) bond motifs is 1. The van der Waals surface area contributed by atoms with Crippen molar-refractivity contribution in [3.8, 4) is 0 Å². The first-order valence-electron chi connectivity index (χ1n) is 8.02. The molecule has 0 spiro atoms. The number of carbonyl (C=O) groups is 1. The molecule has 5 heteroatoms. The maximum Gasteiger partial charge on any atom is 0.326 e. The lowest BCUT2D eigenvalue weighted by Crippen LogP contribution is -2.16. The molecule has 0 amide bonds. The number of nitrogens with zero attached hydrogens (tertiary/aromatic N) is 2. The second-order valence-corrected chi connectivity index (χ2v) is 5.57. The summed E-state index contributed by atoms with van der Waals surface area (Å²) in [5.74, 6) is 0.151. The Morgan fingerprint density at radius 1 is 1.08 bits per heavy atom. The van der Waals surface area contributed by atoms with Crippen molar-refractivity contribution in [3.63, 3.8) is 0 Å². The van der Waals surface area contributed by atoms with Crippen molar-refractivity contribution in [1.82, 2.24) is 9.55 Å². The normalized spacial score (nSPS) is 10.9. The van der Waals surface area contributed by atoms with Crippen LogP contribution in [0, 0.1) is 0 Å². The molecule has 0 unspecified atom stereocenters. The highest BCUT2D eigenvalue weighted by Crippen LogP contribution is 2.16. The number of aromatic nitrogens is 2. The average Bonchev–Trinajstić information content (AvgIpc) is 2.97. The Balaban J connectivity index is 1.55. The van der Waals surface area contributed by atoms with E-state index in [0.29, 0.717) is 12.4 Å². The summed E-state index contributed by atoms with van der Waals surface area (Å²) in [6.07, 6.45) is 1.66. The van der Waals surface area contributed by atoms with E-state index >= 15 is 0 Å². The molecule has 1 N–H and O–H groups in total. The van der Waals surface area contributed by atoms with E-state index in [2.05, 4.69) is 17.1 Å². The number of hydrogen-bond acceptors (Lipinski definition) is 4. The van der Waals surface area contributed by atoms with E-state index in [1.54, 1.807) is 4.57 Å². The van der Waals surface area contributed by atoms with Gasteiger partial charge < -0.3 is 14.4 Å². The highest BCUT2D eigenvalue weighted by Gasteiger charge is 2.13. The molecule has 3 rings (SSSR count). The van der Waals surface area contributed by atoms with Gasteiger partial charge in [-0.3, -0.25) is 4.79 Å². The smallest absolute Gasteiger partial charge is 0.326 e. The first-order chi connectivity index (χ1) is 11.8. The van der Waals surface area contributed by atoms with E-state index in [4.69, 9.17) is 4.74 Å². The fourth-order valence-electron chi connectivity index (χ4n) is 2.70. The summed E-state index contributed by atoms with van der Waals surface area (Å²) >= 11 is 0. The maximum absolute atomic E-state index is 12.1. The minimum absolute atomic E-state index is 0.0573. The zero-order valence-electron chi connectivity index (χ0n) is 13.4. The monoisotopic (exact) mass is 324 g/mol. The largest absolute Gasteiger partial charge is 0.464 e. The van der Waals surface area contributed by atoms with Gasteiger partial charge in [-0.15, -0.1) is 0 Å². The van der Waals surface area contributed by atoms with Crippen molar-refractivity contribution >= 4 is 17.0 Å². The lowest BCUT2D eigenvalue weighted by Gasteiger charge is -2.08. The van der Waals surface area contributed by atoms with Crippen molar-refractivity contribution in [3.05, 3.63) is 66.0 Å². The molecular formula is C19H20N2O3. The zero-order valence-corrected chi connectivity index (χ0v) is 13.4. The molecule has 24 heavy (non-hydrogen) atoms. The predicted molar refractivity (Wildman–Crippen MR) is 91.4 cm³/mol. The van der Waals surface area contributed by atoms with E-state index in [-0.39, 0.29) is 19.1 Å². The van der Waals surface area contributed by atoms with Crippen molar-refractivity contribution in [2.75, 3.05) is 6.61 Å². The summed E-state index contributed by atoms with van der Waals surface area (Å²) in [7, 11) is 0. The molecule has 5 nitrogen and oxygen atoms in total. The highest BCUT2D eigenvalue weighted by atomic mass is 16.5. The van der Waals surface area contributed by atoms with E-state index < -0.39 is 0 Å². The van der Waals surface area contributed by atoms with Crippen molar-refractivity contribution in [2.24, 2.45) is 0 Å². The molecule has 0 saturated carbocycles. The SMILES string of the molecule is O=C(Cn1c(CO)nc2ccccc21)OCCCc1ccccc1. The van der Waals surface area contributed by atoms with E-state index in [9.17, 15) is 9.90 Å². The Labute approximate surface area is 140 Å². The van der Waals surface area contributed by atoms with Crippen LogP contribution in [-0.2, 0) is 29.1 Å². The number of aliphatic hydroxyl groups excluding tert-OH is 1. The third-order valence-electron chi connectivity index (χ3n) is 3.88. The van der Waals surface area contributed by atoms with Crippen LogP contribution in [0.25, 0.3) is 11.0 Å². The van der Waals surface area contributed by atoms with Gasteiger partial charge in [0.05, 0.1) is 17.6 Å². The molecular weight excluding hydrogens is 304 g/mol. The average molecular weight is 324 g/mol. The fourth-order valence-corrected chi connectivity index (χ4v) is 2.70. The van der Waals surface area contributed by atoms with Crippen LogP contribution in [0.5, 0.6) is 0 Å². The van der Waals surface area contributed by atoms with Crippen molar-refractivity contribution in [2.45, 2.75) is 26.0 Å². The minimum atomic E-state index is -0.319. The number of aliphatic hydroxyl groups is 1. The minimum Gasteiger partial charge on any atom is -0.464 e. The fraction of sp³-hybridized carbons (Fsp3) is 0.263. The molecule has 124 valence electrons. The molecule has 0 fully saturated rings. The first kappa shape index (κ1) is 16.2. The van der Waals surface area contributed by atoms with Gasteiger partial charge in [-0.25, -0.2) is 4.98 Å². The molecule has 1 heterocycles. The number of imidazole rings is 1. The lowest BCUT2D eigenvalue weighted by atomic mass is 10.1. The van der Waals surface area contributed by atoms with E-state index in [1.807, 2.05) is 42.5 Å². The van der Waals surface area contributed by atoms with Crippen LogP contribution in [0.2, 0.25) is 0 Å². The Morgan fingerprint density at radius 3 is 2.62 bits per heavy atom. The number of para-hydroxylation sites is 2. The van der Waals surface area contributed by atoms with Gasteiger partial charge in [0.15, 0.2) is 0 Å². The second kappa shape index (κ2) is 7.75. The molecule has 0 aliphatic heterocycles. The Morgan fingerprint density at radius 2 is 1.83 bits per heavy atom. The number of ether oxygens (including phenoxy) is 1. The third kappa shape index (κ3) is 3.81. The lowest BCUT2D eigenvalue weighted by molar-refractivity contribution is -0.144. The molecule has 0 atom stereocenters. The van der Waals surface area contributed by atoms with Gasteiger partial charge >= 0.3 is 5.97 Å². The summed E-state index contributed by atoms with van der Waals surface area (Å²) in [5.41, 5.74) is 2.82. The van der Waals surface area contributed by atoms with Gasteiger partial charge in [0, 0.05) is 0 Å². The predicted octanol–water partition coefficient (Wildman–Crippen LogP) is 2.70. The topological polar surface area (TPSA) is 64.4 Å². The molecule has 1 aromatic heterocycles. The molecule has 0 saturated heterocycles. The van der Waals surface area contributed by atoms with Crippen LogP contribution in [0.4, 0.5) is 0 Å². The Bertz CT molecular complexity index is 812. The number of hydrogen-bond donors (Lipinski definition) is 1. The van der Waals surface area contributed by atoms with Crippen LogP contribution < -0.4 is 0 Å². The van der Waals surface area contributed by atoms with Gasteiger partial charge in [-0.2, -0.15) is 0 Å². The molecule has 0 aliphatic carbocycles. The Hall–Kier alpha value is -2.66. The summed E-state index contributed by atoms with van der Waals surface area (Å²) in [4.78, 5) is 16.4. The number of esters is 1. The molecule has 0 bridgehead atoms. The molecule has 0 aliphatic rings. The number of benzene rings is 2. The van der Waals surface area contributed by atoms with Crippen LogP contribution in [0.1, 0.15) is 17.8 Å². The standard InChI is InChI=1S/C19H20N2O3/c22-14-18-20-16-10-4-5-11-17(16)21(18)13-19(23)24-12-6-9-15-7-2-1-3-8-15/h1-5,7-8,10-11,22H,6,9,12-14H2. The van der Waals surface area contributed by atoms with E-state index in [0.717, 1.165) is 23.9 Å². The van der Waals surface area contributed by atoms with Crippen molar-refractivity contribution in [1.29, 1.82) is 0 Å². The van der Waals surface area contributed by atoms with Gasteiger partial charge in [0.2, 0.25) is 0 Å². The number of carbonyl (C=O) groups excluding carboxylic acids is 1. The Kier molecular flexibility index (Phi) is 5.23. The number of rotatable bonds is 7. The maximum atomic E-state index is 12.1. The summed E-state index contributed by atoms with van der Waals surface area (Å²) in [5, 5.41) is 9.44. The van der Waals surface area contributed by atoms with Gasteiger partial charge in [-0.05, 0) is 30.5 Å². The van der Waals surface area contributed by atoms with Crippen LogP contribution >= 0.6 is 0 Å². The van der Waals surface area contributed by atoms with Crippen LogP contribution in [0.3, 0.4) is 0 Å². The highest BCUT2D eigenvalue weighted by molar-refractivity contribution is 5.78. The van der Waals surface area contributed by atoms with Crippen LogP contribution in [0.15, 0.2) is 54.6 Å². The van der Waals surface area contributed by atoms with Gasteiger partial charge in [-0.1, -0.05) is 42.5 Å². The van der Waals surface area contributed by atoms with Crippen LogP contribution in [-0.4, -0.2) is 27.2 Å². The summed E-state index contributed by atoms with van der Waals surface area (Å²) in [6, 6.07) is 17.6. The first-order valence-corrected chi connectivity index (χ1v) is 8.02. The third-order valence-corrected chi connectivity index (χ3v) is 3.88. The molecule has 2 aromatic carbocycles. The van der Waals surface area contributed by atoms with Crippen molar-refractivity contribution < 1.29 is 14.6 Å². The number of aryl methyl sites for hydroxylation is 1. The quantitative estimate of drug-likeness (QED) is 0.536. The second-order valence-electron chi connectivity index (χ2n) is 5.57. The molecule has 0 radical (unpaired) electrons.